The third-order valence-electron chi connectivity index (χ3n) is 1.93. The van der Waals surface area contributed by atoms with Crippen LogP contribution >= 0.6 is 0 Å². The average Bonchev–Trinajstić information content (AvgIpc) is 2.30. The maximum Gasteiger partial charge on any atom is 0.222 e. The van der Waals surface area contributed by atoms with E-state index in [1.807, 2.05) is 6.07 Å². The summed E-state index contributed by atoms with van der Waals surface area (Å²) < 4.78 is 0. The van der Waals surface area contributed by atoms with Gasteiger partial charge in [0.1, 0.15) is 5.82 Å². The van der Waals surface area contributed by atoms with Crippen molar-refractivity contribution in [3.05, 3.63) is 36.9 Å². The lowest BCUT2D eigenvalue weighted by molar-refractivity contribution is -0.114. The zero-order valence-electron chi connectivity index (χ0n) is 8.71. The predicted octanol–water partition coefficient (Wildman–Crippen LogP) is 1.50. The van der Waals surface area contributed by atoms with Crippen molar-refractivity contribution < 1.29 is 4.79 Å². The summed E-state index contributed by atoms with van der Waals surface area (Å²) in [6, 6.07) is 3.56. The van der Waals surface area contributed by atoms with Crippen LogP contribution in [0.2, 0.25) is 0 Å². The number of anilines is 1. The highest BCUT2D eigenvalue weighted by molar-refractivity contribution is 5.87. The van der Waals surface area contributed by atoms with Gasteiger partial charge in [-0.2, -0.15) is 0 Å². The Hall–Kier alpha value is -2.30. The van der Waals surface area contributed by atoms with Gasteiger partial charge < -0.3 is 5.32 Å². The number of rotatable bonds is 2. The molecule has 1 N–H and O–H groups in total. The summed E-state index contributed by atoms with van der Waals surface area (Å²) >= 11 is 0. The standard InChI is InChI=1S/C11H10N4O/c1-8(16)15-11-3-2-9(6-14-11)10-7-12-4-5-13-10/h2-7H,1H3,(H,14,15,16). The highest BCUT2D eigenvalue weighted by Gasteiger charge is 2.00. The molecule has 16 heavy (non-hydrogen) atoms. The molecule has 0 saturated heterocycles. The largest absolute Gasteiger partial charge is 0.311 e. The first-order valence-corrected chi connectivity index (χ1v) is 4.76. The minimum absolute atomic E-state index is 0.139. The highest BCUT2D eigenvalue weighted by atomic mass is 16.1. The van der Waals surface area contributed by atoms with Crippen molar-refractivity contribution in [1.29, 1.82) is 0 Å². The summed E-state index contributed by atoms with van der Waals surface area (Å²) in [5.41, 5.74) is 1.62. The van der Waals surface area contributed by atoms with Crippen LogP contribution in [-0.2, 0) is 4.79 Å². The average molecular weight is 214 g/mol. The summed E-state index contributed by atoms with van der Waals surface area (Å²) in [6.07, 6.45) is 6.55. The Balaban J connectivity index is 2.23. The molecule has 0 aliphatic carbocycles. The number of amides is 1. The third kappa shape index (κ3) is 2.38. The summed E-state index contributed by atoms with van der Waals surface area (Å²) in [5.74, 6) is 0.389. The van der Waals surface area contributed by atoms with E-state index in [2.05, 4.69) is 20.3 Å². The summed E-state index contributed by atoms with van der Waals surface area (Å²) in [5, 5.41) is 2.60. The number of aromatic nitrogens is 3. The fraction of sp³-hybridized carbons (Fsp3) is 0.0909. The van der Waals surface area contributed by atoms with Gasteiger partial charge in [-0.3, -0.25) is 14.8 Å². The molecular formula is C11H10N4O. The molecule has 0 aliphatic rings. The number of nitrogens with zero attached hydrogens (tertiary/aromatic N) is 3. The zero-order chi connectivity index (χ0) is 11.4. The maximum absolute atomic E-state index is 10.8. The van der Waals surface area contributed by atoms with E-state index in [9.17, 15) is 4.79 Å². The monoisotopic (exact) mass is 214 g/mol. The highest BCUT2D eigenvalue weighted by Crippen LogP contribution is 2.15. The molecule has 0 spiro atoms. The first-order valence-electron chi connectivity index (χ1n) is 4.76. The van der Waals surface area contributed by atoms with E-state index in [0.717, 1.165) is 11.3 Å². The van der Waals surface area contributed by atoms with Crippen molar-refractivity contribution in [3.63, 3.8) is 0 Å². The molecule has 2 heterocycles. The SMILES string of the molecule is CC(=O)Nc1ccc(-c2cnccn2)cn1. The van der Waals surface area contributed by atoms with Crippen molar-refractivity contribution in [1.82, 2.24) is 15.0 Å². The molecule has 80 valence electrons. The maximum atomic E-state index is 10.8. The van der Waals surface area contributed by atoms with Crippen LogP contribution in [0.25, 0.3) is 11.3 Å². The minimum Gasteiger partial charge on any atom is -0.311 e. The Labute approximate surface area is 92.6 Å². The van der Waals surface area contributed by atoms with E-state index < -0.39 is 0 Å². The summed E-state index contributed by atoms with van der Waals surface area (Å²) in [7, 11) is 0. The van der Waals surface area contributed by atoms with E-state index in [1.54, 1.807) is 30.9 Å². The van der Waals surface area contributed by atoms with Crippen molar-refractivity contribution in [2.24, 2.45) is 0 Å². The van der Waals surface area contributed by atoms with E-state index in [1.165, 1.54) is 6.92 Å². The lowest BCUT2D eigenvalue weighted by Crippen LogP contribution is -2.06. The van der Waals surface area contributed by atoms with Gasteiger partial charge in [-0.1, -0.05) is 0 Å². The number of hydrogen-bond acceptors (Lipinski definition) is 4. The first-order chi connectivity index (χ1) is 7.75. The number of nitrogens with one attached hydrogen (secondary N) is 1. The normalized spacial score (nSPS) is 9.81. The number of carbonyl (C=O) groups excluding carboxylic acids is 1. The molecule has 0 fully saturated rings. The van der Waals surface area contributed by atoms with Gasteiger partial charge in [-0.15, -0.1) is 0 Å². The molecule has 0 atom stereocenters. The molecule has 0 bridgehead atoms. The molecular weight excluding hydrogens is 204 g/mol. The van der Waals surface area contributed by atoms with Crippen molar-refractivity contribution in [3.8, 4) is 11.3 Å². The van der Waals surface area contributed by atoms with Gasteiger partial charge >= 0.3 is 0 Å². The summed E-state index contributed by atoms with van der Waals surface area (Å²) in [4.78, 5) is 23.0. The molecule has 0 saturated carbocycles. The quantitative estimate of drug-likeness (QED) is 0.822. The Morgan fingerprint density at radius 1 is 1.19 bits per heavy atom. The fourth-order valence-electron chi connectivity index (χ4n) is 1.25. The van der Waals surface area contributed by atoms with Gasteiger partial charge in [-0.25, -0.2) is 4.98 Å². The van der Waals surface area contributed by atoms with Crippen LogP contribution in [0.4, 0.5) is 5.82 Å². The molecule has 2 aromatic rings. The topological polar surface area (TPSA) is 67.8 Å². The third-order valence-corrected chi connectivity index (χ3v) is 1.93. The predicted molar refractivity (Wildman–Crippen MR) is 59.6 cm³/mol. The second-order valence-corrected chi connectivity index (χ2v) is 3.20. The van der Waals surface area contributed by atoms with Crippen LogP contribution in [-0.4, -0.2) is 20.9 Å². The first kappa shape index (κ1) is 10.2. The summed E-state index contributed by atoms with van der Waals surface area (Å²) in [6.45, 7) is 1.44. The smallest absolute Gasteiger partial charge is 0.222 e. The number of hydrogen-bond donors (Lipinski definition) is 1. The zero-order valence-corrected chi connectivity index (χ0v) is 8.71. The van der Waals surface area contributed by atoms with Gasteiger partial charge in [0.05, 0.1) is 11.9 Å². The lowest BCUT2D eigenvalue weighted by Gasteiger charge is -2.02. The molecule has 2 rings (SSSR count). The van der Waals surface area contributed by atoms with E-state index in [0.29, 0.717) is 5.82 Å². The minimum atomic E-state index is -0.139. The molecule has 0 aliphatic heterocycles. The van der Waals surface area contributed by atoms with Crippen molar-refractivity contribution in [2.75, 3.05) is 5.32 Å². The fourth-order valence-corrected chi connectivity index (χ4v) is 1.25. The van der Waals surface area contributed by atoms with Gasteiger partial charge in [0, 0.05) is 31.1 Å². The van der Waals surface area contributed by atoms with Crippen molar-refractivity contribution >= 4 is 11.7 Å². The Kier molecular flexibility index (Phi) is 2.86. The number of carbonyl (C=O) groups is 1. The Morgan fingerprint density at radius 2 is 2.06 bits per heavy atom. The van der Waals surface area contributed by atoms with Crippen LogP contribution in [0.1, 0.15) is 6.92 Å². The second-order valence-electron chi connectivity index (χ2n) is 3.20. The van der Waals surface area contributed by atoms with Gasteiger partial charge in [0.25, 0.3) is 0 Å². The van der Waals surface area contributed by atoms with Gasteiger partial charge in [-0.05, 0) is 12.1 Å². The molecule has 0 aromatic carbocycles. The Bertz CT molecular complexity index is 481. The lowest BCUT2D eigenvalue weighted by atomic mass is 10.2. The molecule has 1 amide bonds. The van der Waals surface area contributed by atoms with Gasteiger partial charge in [0.15, 0.2) is 0 Å². The van der Waals surface area contributed by atoms with Crippen LogP contribution in [0.5, 0.6) is 0 Å². The van der Waals surface area contributed by atoms with Crippen LogP contribution in [0.15, 0.2) is 36.9 Å². The van der Waals surface area contributed by atoms with Crippen LogP contribution < -0.4 is 5.32 Å². The molecule has 5 nitrogen and oxygen atoms in total. The molecule has 0 unspecified atom stereocenters. The second kappa shape index (κ2) is 4.48. The Morgan fingerprint density at radius 3 is 2.62 bits per heavy atom. The molecule has 5 heteroatoms. The van der Waals surface area contributed by atoms with Crippen LogP contribution in [0, 0.1) is 0 Å². The van der Waals surface area contributed by atoms with Crippen LogP contribution in [0.3, 0.4) is 0 Å². The molecule has 0 radical (unpaired) electrons. The molecule has 2 aromatic heterocycles. The van der Waals surface area contributed by atoms with Crippen molar-refractivity contribution in [2.45, 2.75) is 6.92 Å². The van der Waals surface area contributed by atoms with E-state index in [4.69, 9.17) is 0 Å². The van der Waals surface area contributed by atoms with E-state index in [-0.39, 0.29) is 5.91 Å². The van der Waals surface area contributed by atoms with Gasteiger partial charge in [0.2, 0.25) is 5.91 Å². The van der Waals surface area contributed by atoms with E-state index >= 15 is 0 Å². The number of pyridine rings is 1.